The number of carbonyl (C=O) groups excluding carboxylic acids is 1. The molecule has 0 saturated carbocycles. The molecule has 1 N–H and O–H groups in total. The number of rotatable bonds is 2. The Kier molecular flexibility index (Phi) is 5.81. The maximum absolute atomic E-state index is 13.6. The van der Waals surface area contributed by atoms with Gasteiger partial charge in [-0.05, 0) is 55.8 Å². The Labute approximate surface area is 137 Å². The molecule has 22 heavy (non-hydrogen) atoms. The van der Waals surface area contributed by atoms with Crippen LogP contribution in [0.15, 0.2) is 24.3 Å². The monoisotopic (exact) mass is 326 g/mol. The van der Waals surface area contributed by atoms with E-state index in [1.807, 2.05) is 4.90 Å². The average Bonchev–Trinajstić information content (AvgIpc) is 2.51. The fourth-order valence-electron chi connectivity index (χ4n) is 3.60. The Balaban J connectivity index is 0.00000176. The summed E-state index contributed by atoms with van der Waals surface area (Å²) in [6.45, 7) is 3.85. The molecule has 2 aliphatic heterocycles. The van der Waals surface area contributed by atoms with Crippen molar-refractivity contribution in [2.45, 2.75) is 32.1 Å². The van der Waals surface area contributed by atoms with E-state index in [0.29, 0.717) is 11.0 Å². The number of amides is 1. The summed E-state index contributed by atoms with van der Waals surface area (Å²) in [5.41, 5.74) is 0.949. The highest BCUT2D eigenvalue weighted by atomic mass is 35.5. The average molecular weight is 327 g/mol. The van der Waals surface area contributed by atoms with Crippen LogP contribution in [0.4, 0.5) is 4.39 Å². The molecule has 3 nitrogen and oxygen atoms in total. The van der Waals surface area contributed by atoms with Gasteiger partial charge in [-0.3, -0.25) is 4.79 Å². The maximum atomic E-state index is 13.6. The van der Waals surface area contributed by atoms with Crippen LogP contribution in [0.25, 0.3) is 0 Å². The minimum Gasteiger partial charge on any atom is -0.342 e. The summed E-state index contributed by atoms with van der Waals surface area (Å²) in [5.74, 6) is -0.221. The summed E-state index contributed by atoms with van der Waals surface area (Å²) in [4.78, 5) is 14.3. The van der Waals surface area contributed by atoms with Crippen molar-refractivity contribution in [2.75, 3.05) is 26.2 Å². The van der Waals surface area contributed by atoms with Crippen molar-refractivity contribution in [2.24, 2.45) is 5.41 Å². The van der Waals surface area contributed by atoms with Gasteiger partial charge in [0.25, 0.3) is 0 Å². The lowest BCUT2D eigenvalue weighted by Crippen LogP contribution is -2.47. The van der Waals surface area contributed by atoms with Gasteiger partial charge in [0.2, 0.25) is 5.91 Å². The standard InChI is InChI=1S/C17H23FN2O.ClH/c18-15-4-2-1-3-14(15)13-16(21)20-11-7-17(8-12-20)5-9-19-10-6-17;/h1-4,19H,5-13H2;1H. The number of hydrogen-bond donors (Lipinski definition) is 1. The molecule has 3 rings (SSSR count). The van der Waals surface area contributed by atoms with Gasteiger partial charge in [-0.15, -0.1) is 12.4 Å². The molecule has 2 saturated heterocycles. The van der Waals surface area contributed by atoms with Gasteiger partial charge in [0.1, 0.15) is 5.82 Å². The highest BCUT2D eigenvalue weighted by Crippen LogP contribution is 2.39. The van der Waals surface area contributed by atoms with Crippen LogP contribution in [-0.2, 0) is 11.2 Å². The highest BCUT2D eigenvalue weighted by molar-refractivity contribution is 5.85. The topological polar surface area (TPSA) is 32.3 Å². The van der Waals surface area contributed by atoms with Crippen molar-refractivity contribution in [3.05, 3.63) is 35.6 Å². The molecule has 0 aliphatic carbocycles. The molecular formula is C17H24ClFN2O. The fourth-order valence-corrected chi connectivity index (χ4v) is 3.60. The van der Waals surface area contributed by atoms with Crippen molar-refractivity contribution in [1.82, 2.24) is 10.2 Å². The zero-order valence-electron chi connectivity index (χ0n) is 12.8. The number of halogens is 2. The Bertz CT molecular complexity index is 507. The zero-order valence-corrected chi connectivity index (χ0v) is 13.6. The molecule has 0 radical (unpaired) electrons. The zero-order chi connectivity index (χ0) is 14.7. The first-order valence-electron chi connectivity index (χ1n) is 7.90. The molecule has 2 heterocycles. The van der Waals surface area contributed by atoms with Crippen molar-refractivity contribution < 1.29 is 9.18 Å². The van der Waals surface area contributed by atoms with Crippen LogP contribution in [-0.4, -0.2) is 37.0 Å². The van der Waals surface area contributed by atoms with Crippen LogP contribution >= 0.6 is 12.4 Å². The summed E-state index contributed by atoms with van der Waals surface area (Å²) in [7, 11) is 0. The van der Waals surface area contributed by atoms with E-state index in [1.54, 1.807) is 18.2 Å². The lowest BCUT2D eigenvalue weighted by atomic mass is 9.71. The minimum atomic E-state index is -0.280. The normalized spacial score (nSPS) is 20.5. The third-order valence-corrected chi connectivity index (χ3v) is 5.14. The molecule has 0 aromatic heterocycles. The summed E-state index contributed by atoms with van der Waals surface area (Å²) < 4.78 is 13.6. The van der Waals surface area contributed by atoms with Crippen LogP contribution < -0.4 is 5.32 Å². The van der Waals surface area contributed by atoms with E-state index in [4.69, 9.17) is 0 Å². The lowest BCUT2D eigenvalue weighted by Gasteiger charge is -2.44. The summed E-state index contributed by atoms with van der Waals surface area (Å²) in [6, 6.07) is 6.56. The first-order chi connectivity index (χ1) is 10.2. The van der Waals surface area contributed by atoms with Crippen LogP contribution in [0.2, 0.25) is 0 Å². The first kappa shape index (κ1) is 17.2. The number of hydrogen-bond acceptors (Lipinski definition) is 2. The van der Waals surface area contributed by atoms with Crippen molar-refractivity contribution in [1.29, 1.82) is 0 Å². The number of nitrogens with zero attached hydrogens (tertiary/aromatic N) is 1. The summed E-state index contributed by atoms with van der Waals surface area (Å²) >= 11 is 0. The van der Waals surface area contributed by atoms with E-state index in [2.05, 4.69) is 5.32 Å². The van der Waals surface area contributed by atoms with Gasteiger partial charge >= 0.3 is 0 Å². The number of piperidine rings is 2. The van der Waals surface area contributed by atoms with Gasteiger partial charge in [-0.1, -0.05) is 18.2 Å². The van der Waals surface area contributed by atoms with E-state index >= 15 is 0 Å². The van der Waals surface area contributed by atoms with Crippen LogP contribution in [0.3, 0.4) is 0 Å². The van der Waals surface area contributed by atoms with Gasteiger partial charge < -0.3 is 10.2 Å². The molecule has 1 amide bonds. The third-order valence-electron chi connectivity index (χ3n) is 5.14. The first-order valence-corrected chi connectivity index (χ1v) is 7.90. The Morgan fingerprint density at radius 3 is 2.41 bits per heavy atom. The maximum Gasteiger partial charge on any atom is 0.227 e. The molecule has 2 fully saturated rings. The molecule has 1 spiro atoms. The SMILES string of the molecule is Cl.O=C(Cc1ccccc1F)N1CCC2(CCNCC2)CC1. The molecule has 122 valence electrons. The molecule has 5 heteroatoms. The summed E-state index contributed by atoms with van der Waals surface area (Å²) in [6.07, 6.45) is 4.82. The van der Waals surface area contributed by atoms with Crippen LogP contribution in [0, 0.1) is 11.2 Å². The number of likely N-dealkylation sites (tertiary alicyclic amines) is 1. The Hall–Kier alpha value is -1.13. The molecule has 0 unspecified atom stereocenters. The quantitative estimate of drug-likeness (QED) is 0.906. The predicted molar refractivity (Wildman–Crippen MR) is 87.7 cm³/mol. The van der Waals surface area contributed by atoms with Crippen molar-refractivity contribution in [3.8, 4) is 0 Å². The third kappa shape index (κ3) is 3.79. The molecule has 0 bridgehead atoms. The Morgan fingerprint density at radius 1 is 1.14 bits per heavy atom. The second-order valence-corrected chi connectivity index (χ2v) is 6.40. The molecule has 1 aromatic carbocycles. The van der Waals surface area contributed by atoms with Crippen LogP contribution in [0.1, 0.15) is 31.2 Å². The largest absolute Gasteiger partial charge is 0.342 e. The van der Waals surface area contributed by atoms with E-state index < -0.39 is 0 Å². The summed E-state index contributed by atoms with van der Waals surface area (Å²) in [5, 5.41) is 3.41. The van der Waals surface area contributed by atoms with E-state index in [1.165, 1.54) is 18.9 Å². The highest BCUT2D eigenvalue weighted by Gasteiger charge is 2.36. The van der Waals surface area contributed by atoms with Crippen LogP contribution in [0.5, 0.6) is 0 Å². The number of carbonyl (C=O) groups is 1. The number of nitrogens with one attached hydrogen (secondary N) is 1. The predicted octanol–water partition coefficient (Wildman–Crippen LogP) is 2.78. The van der Waals surface area contributed by atoms with Gasteiger partial charge in [0.05, 0.1) is 6.42 Å². The molecular weight excluding hydrogens is 303 g/mol. The molecule has 2 aliphatic rings. The number of benzene rings is 1. The second kappa shape index (κ2) is 7.42. The van der Waals surface area contributed by atoms with Gasteiger partial charge in [-0.2, -0.15) is 0 Å². The van der Waals surface area contributed by atoms with E-state index in [9.17, 15) is 9.18 Å². The second-order valence-electron chi connectivity index (χ2n) is 6.40. The van der Waals surface area contributed by atoms with Gasteiger partial charge in [-0.25, -0.2) is 4.39 Å². The van der Waals surface area contributed by atoms with Gasteiger partial charge in [0.15, 0.2) is 0 Å². The lowest BCUT2D eigenvalue weighted by molar-refractivity contribution is -0.133. The van der Waals surface area contributed by atoms with Crippen molar-refractivity contribution in [3.63, 3.8) is 0 Å². The minimum absolute atomic E-state index is 0. The van der Waals surface area contributed by atoms with Crippen molar-refractivity contribution >= 4 is 18.3 Å². The van der Waals surface area contributed by atoms with E-state index in [0.717, 1.165) is 39.0 Å². The van der Waals surface area contributed by atoms with Gasteiger partial charge in [0, 0.05) is 13.1 Å². The smallest absolute Gasteiger partial charge is 0.227 e. The van der Waals surface area contributed by atoms with E-state index in [-0.39, 0.29) is 30.6 Å². The molecule has 1 aromatic rings. The fraction of sp³-hybridized carbons (Fsp3) is 0.588. The Morgan fingerprint density at radius 2 is 1.77 bits per heavy atom. The molecule has 0 atom stereocenters.